The molecular formula is C19H14BrCl2N5O2. The Morgan fingerprint density at radius 3 is 2.62 bits per heavy atom. The van der Waals surface area contributed by atoms with Crippen LogP contribution in [0.3, 0.4) is 0 Å². The fourth-order valence-corrected chi connectivity index (χ4v) is 4.30. The van der Waals surface area contributed by atoms with Gasteiger partial charge in [-0.15, -0.1) is 0 Å². The molecule has 2 unspecified atom stereocenters. The van der Waals surface area contributed by atoms with Gasteiger partial charge in [0.2, 0.25) is 0 Å². The van der Waals surface area contributed by atoms with Crippen LogP contribution in [0.2, 0.25) is 10.0 Å². The number of rotatable bonds is 4. The number of ether oxygens (including phenoxy) is 1. The van der Waals surface area contributed by atoms with Crippen LogP contribution in [0.4, 0.5) is 5.95 Å². The molecule has 148 valence electrons. The Morgan fingerprint density at radius 1 is 1.17 bits per heavy atom. The summed E-state index contributed by atoms with van der Waals surface area (Å²) in [5.74, 6) is -0.978. The third-order valence-corrected chi connectivity index (χ3v) is 6.09. The van der Waals surface area contributed by atoms with Crippen molar-refractivity contribution < 1.29 is 9.53 Å². The molecule has 3 aromatic rings. The molecule has 0 aliphatic carbocycles. The Hall–Kier alpha value is -2.29. The highest BCUT2D eigenvalue weighted by Crippen LogP contribution is 2.41. The molecule has 10 heteroatoms. The number of tetrazole rings is 1. The van der Waals surface area contributed by atoms with Crippen LogP contribution in [0.1, 0.15) is 24.1 Å². The number of nitrogens with zero attached hydrogens (tertiary/aromatic N) is 5. The molecule has 0 amide bonds. The number of aliphatic imine (C=N–C) groups is 1. The molecule has 0 spiro atoms. The number of benzene rings is 2. The molecule has 0 fully saturated rings. The molecule has 0 N–H and O–H groups in total. The van der Waals surface area contributed by atoms with Crippen LogP contribution in [0.25, 0.3) is 0 Å². The lowest BCUT2D eigenvalue weighted by Gasteiger charge is -2.30. The molecule has 0 bridgehead atoms. The largest absolute Gasteiger partial charge is 0.460 e. The second-order valence-electron chi connectivity index (χ2n) is 6.43. The summed E-state index contributed by atoms with van der Waals surface area (Å²) in [5, 5.41) is 12.4. The molecule has 0 saturated carbocycles. The first kappa shape index (κ1) is 20.0. The zero-order valence-corrected chi connectivity index (χ0v) is 18.2. The number of hydrogen-bond acceptors (Lipinski definition) is 6. The molecule has 2 atom stereocenters. The first-order valence-corrected chi connectivity index (χ1v) is 10.2. The minimum absolute atomic E-state index is 0.107. The van der Waals surface area contributed by atoms with E-state index < -0.39 is 17.9 Å². The maximum absolute atomic E-state index is 13.1. The highest BCUT2D eigenvalue weighted by Gasteiger charge is 2.42. The minimum atomic E-state index is -0.786. The standard InChI is InChI=1S/C19H14BrCl2N5O2/c1-10-15(18(28)29-9-11-5-2-3-6-12(11)20)17(27-19(23-10)24-25-26-27)16-13(21)7-4-8-14(16)22/h2-8,15,17H,9H2,1H3. The van der Waals surface area contributed by atoms with Crippen molar-refractivity contribution in [2.24, 2.45) is 10.9 Å². The number of carbonyl (C=O) groups is 1. The Kier molecular flexibility index (Phi) is 5.67. The fourth-order valence-electron chi connectivity index (χ4n) is 3.28. The van der Waals surface area contributed by atoms with E-state index in [9.17, 15) is 4.79 Å². The summed E-state index contributed by atoms with van der Waals surface area (Å²) < 4.78 is 7.93. The van der Waals surface area contributed by atoms with Gasteiger partial charge < -0.3 is 4.74 Å². The molecule has 1 aliphatic rings. The zero-order valence-electron chi connectivity index (χ0n) is 15.1. The van der Waals surface area contributed by atoms with E-state index in [0.717, 1.165) is 10.0 Å². The van der Waals surface area contributed by atoms with Gasteiger partial charge in [0, 0.05) is 31.4 Å². The maximum Gasteiger partial charge on any atom is 0.317 e. The second-order valence-corrected chi connectivity index (χ2v) is 8.10. The molecular weight excluding hydrogens is 481 g/mol. The Balaban J connectivity index is 1.72. The number of fused-ring (bicyclic) bond motifs is 1. The molecule has 29 heavy (non-hydrogen) atoms. The van der Waals surface area contributed by atoms with Gasteiger partial charge in [-0.1, -0.05) is 68.5 Å². The van der Waals surface area contributed by atoms with Gasteiger partial charge in [-0.3, -0.25) is 4.79 Å². The normalized spacial score (nSPS) is 18.1. The van der Waals surface area contributed by atoms with Crippen LogP contribution < -0.4 is 0 Å². The molecule has 4 rings (SSSR count). The summed E-state index contributed by atoms with van der Waals surface area (Å²) in [6, 6.07) is 12.0. The van der Waals surface area contributed by atoms with Crippen molar-refractivity contribution in [3.8, 4) is 0 Å². The molecule has 7 nitrogen and oxygen atoms in total. The molecule has 2 heterocycles. The maximum atomic E-state index is 13.1. The van der Waals surface area contributed by atoms with Crippen molar-refractivity contribution in [2.45, 2.75) is 19.6 Å². The predicted molar refractivity (Wildman–Crippen MR) is 113 cm³/mol. The SMILES string of the molecule is CC1=Nc2nnnn2C(c2c(Cl)cccc2Cl)C1C(=O)OCc1ccccc1Br. The van der Waals surface area contributed by atoms with E-state index in [1.54, 1.807) is 25.1 Å². The summed E-state index contributed by atoms with van der Waals surface area (Å²) in [5.41, 5.74) is 1.91. The van der Waals surface area contributed by atoms with Gasteiger partial charge in [-0.2, -0.15) is 0 Å². The van der Waals surface area contributed by atoms with Gasteiger partial charge >= 0.3 is 5.97 Å². The van der Waals surface area contributed by atoms with Crippen molar-refractivity contribution in [1.29, 1.82) is 0 Å². The van der Waals surface area contributed by atoms with E-state index in [1.165, 1.54) is 4.68 Å². The summed E-state index contributed by atoms with van der Waals surface area (Å²) in [4.78, 5) is 17.5. The smallest absolute Gasteiger partial charge is 0.317 e. The topological polar surface area (TPSA) is 82.3 Å². The van der Waals surface area contributed by atoms with Crippen LogP contribution >= 0.6 is 39.1 Å². The summed E-state index contributed by atoms with van der Waals surface area (Å²) in [6.45, 7) is 1.84. The van der Waals surface area contributed by atoms with E-state index in [4.69, 9.17) is 27.9 Å². The first-order chi connectivity index (χ1) is 14.0. The third-order valence-electron chi connectivity index (χ3n) is 4.66. The van der Waals surface area contributed by atoms with Gasteiger partial charge in [-0.05, 0) is 35.5 Å². The van der Waals surface area contributed by atoms with Gasteiger partial charge in [0.05, 0.1) is 0 Å². The second kappa shape index (κ2) is 8.22. The molecule has 1 aliphatic heterocycles. The lowest BCUT2D eigenvalue weighted by atomic mass is 9.88. The lowest BCUT2D eigenvalue weighted by Crippen LogP contribution is -2.37. The van der Waals surface area contributed by atoms with E-state index in [1.807, 2.05) is 24.3 Å². The Labute approximate surface area is 184 Å². The zero-order chi connectivity index (χ0) is 20.5. The number of halogens is 3. The van der Waals surface area contributed by atoms with E-state index in [0.29, 0.717) is 21.3 Å². The predicted octanol–water partition coefficient (Wildman–Crippen LogP) is 4.80. The number of esters is 1. The summed E-state index contributed by atoms with van der Waals surface area (Å²) in [7, 11) is 0. The van der Waals surface area contributed by atoms with E-state index in [2.05, 4.69) is 36.4 Å². The average Bonchev–Trinajstić information content (AvgIpc) is 3.15. The summed E-state index contributed by atoms with van der Waals surface area (Å²) in [6.07, 6.45) is 0. The third kappa shape index (κ3) is 3.80. The van der Waals surface area contributed by atoms with E-state index in [-0.39, 0.29) is 12.6 Å². The van der Waals surface area contributed by atoms with Crippen molar-refractivity contribution in [2.75, 3.05) is 0 Å². The summed E-state index contributed by atoms with van der Waals surface area (Å²) >= 11 is 16.3. The van der Waals surface area contributed by atoms with Crippen molar-refractivity contribution >= 4 is 56.8 Å². The van der Waals surface area contributed by atoms with E-state index >= 15 is 0 Å². The van der Waals surface area contributed by atoms with Gasteiger partial charge in [-0.25, -0.2) is 9.67 Å². The molecule has 1 aromatic heterocycles. The van der Waals surface area contributed by atoms with Crippen LogP contribution in [-0.2, 0) is 16.1 Å². The van der Waals surface area contributed by atoms with Crippen LogP contribution in [0.15, 0.2) is 51.9 Å². The lowest BCUT2D eigenvalue weighted by molar-refractivity contribution is -0.148. The molecule has 2 aromatic carbocycles. The highest BCUT2D eigenvalue weighted by molar-refractivity contribution is 9.10. The quantitative estimate of drug-likeness (QED) is 0.486. The highest BCUT2D eigenvalue weighted by atomic mass is 79.9. The van der Waals surface area contributed by atoms with Gasteiger partial charge in [0.1, 0.15) is 18.6 Å². The van der Waals surface area contributed by atoms with Crippen molar-refractivity contribution in [3.05, 3.63) is 68.1 Å². The average molecular weight is 495 g/mol. The number of hydrogen-bond donors (Lipinski definition) is 0. The van der Waals surface area contributed by atoms with Crippen molar-refractivity contribution in [3.63, 3.8) is 0 Å². The number of aromatic nitrogens is 4. The van der Waals surface area contributed by atoms with Crippen molar-refractivity contribution in [1.82, 2.24) is 20.2 Å². The minimum Gasteiger partial charge on any atom is -0.460 e. The van der Waals surface area contributed by atoms with Crippen LogP contribution in [0.5, 0.6) is 0 Å². The molecule has 0 radical (unpaired) electrons. The number of carbonyl (C=O) groups excluding carboxylic acids is 1. The molecule has 0 saturated heterocycles. The Bertz CT molecular complexity index is 1100. The van der Waals surface area contributed by atoms with Crippen LogP contribution in [0, 0.1) is 5.92 Å². The Morgan fingerprint density at radius 2 is 1.90 bits per heavy atom. The van der Waals surface area contributed by atoms with Gasteiger partial charge in [0.25, 0.3) is 5.95 Å². The monoisotopic (exact) mass is 493 g/mol. The fraction of sp³-hybridized carbons (Fsp3) is 0.211. The van der Waals surface area contributed by atoms with Crippen LogP contribution in [-0.4, -0.2) is 31.9 Å². The first-order valence-electron chi connectivity index (χ1n) is 8.64. The van der Waals surface area contributed by atoms with Gasteiger partial charge in [0.15, 0.2) is 0 Å².